The lowest BCUT2D eigenvalue weighted by molar-refractivity contribution is -0.161. The molecular weight excluding hydrogens is 709 g/mol. The Morgan fingerprint density at radius 2 is 1.07 bits per heavy atom. The number of carboxylic acid groups (broad SMARTS) is 1. The number of carboxylic acids is 1. The maximum Gasteiger partial charge on any atom is 0.472 e. The highest BCUT2D eigenvalue weighted by molar-refractivity contribution is 7.47. The number of carbonyl (C=O) groups excluding carboxylic acids is 2. The Hall–Kier alpha value is -3.34. The number of nitrogens with two attached hydrogens (primary N) is 1. The van der Waals surface area contributed by atoms with E-state index in [1.54, 1.807) is 0 Å². The summed E-state index contributed by atoms with van der Waals surface area (Å²) in [6.45, 7) is 2.53. The third kappa shape index (κ3) is 35.7. The van der Waals surface area contributed by atoms with Crippen molar-refractivity contribution in [3.63, 3.8) is 0 Å². The molecule has 12 heteroatoms. The predicted molar refractivity (Wildman–Crippen MR) is 217 cm³/mol. The van der Waals surface area contributed by atoms with Crippen molar-refractivity contribution in [1.29, 1.82) is 0 Å². The van der Waals surface area contributed by atoms with Crippen LogP contribution in [0.5, 0.6) is 0 Å². The van der Waals surface area contributed by atoms with E-state index in [2.05, 4.69) is 79.1 Å². The van der Waals surface area contributed by atoms with Crippen LogP contribution in [-0.4, -0.2) is 59.9 Å². The van der Waals surface area contributed by atoms with Crippen LogP contribution < -0.4 is 5.73 Å². The first-order valence-electron chi connectivity index (χ1n) is 19.6. The molecule has 0 aliphatic rings. The number of hydrogen-bond acceptors (Lipinski definition) is 9. The number of unbranched alkanes of at least 4 members (excludes halogenated alkanes) is 7. The molecule has 0 aromatic carbocycles. The lowest BCUT2D eigenvalue weighted by Crippen LogP contribution is -2.34. The lowest BCUT2D eigenvalue weighted by atomic mass is 10.1. The van der Waals surface area contributed by atoms with E-state index >= 15 is 0 Å². The summed E-state index contributed by atoms with van der Waals surface area (Å²) in [6.07, 6.45) is 43.9. The molecule has 0 aliphatic heterocycles. The standard InChI is InChI=1S/C42H68NO10P/c1-3-5-7-9-11-13-15-17-18-19-20-22-23-25-27-29-31-33-40(44)50-35-38(36-51-54(48,49)52-37-39(43)42(46)47)53-41(45)34-32-30-28-26-24-21-16-14-12-10-8-6-4-2/h5,7,11,13,17-18,20-22,24-25,27-28,30,38-39H,3-4,6,8-10,12,14-16,19,23,26,29,31-37,43H2,1-2H3,(H,46,47)(H,48,49)/b7-5+,13-11+,18-17+,22-20+,24-21+,27-25+,30-28+/t38?,39-/m0/s1. The monoisotopic (exact) mass is 777 g/mol. The molecule has 3 atom stereocenters. The molecule has 0 rings (SSSR count). The van der Waals surface area contributed by atoms with Gasteiger partial charge in [-0.2, -0.15) is 0 Å². The van der Waals surface area contributed by atoms with Gasteiger partial charge >= 0.3 is 25.7 Å². The maximum atomic E-state index is 12.5. The van der Waals surface area contributed by atoms with E-state index in [1.165, 1.54) is 38.5 Å². The summed E-state index contributed by atoms with van der Waals surface area (Å²) in [5.74, 6) is -2.55. The number of phosphoric ester groups is 1. The van der Waals surface area contributed by atoms with Crippen LogP contribution in [0.25, 0.3) is 0 Å². The number of esters is 2. The molecule has 0 spiro atoms. The molecule has 0 radical (unpaired) electrons. The van der Waals surface area contributed by atoms with Gasteiger partial charge in [-0.3, -0.25) is 23.4 Å². The molecule has 2 unspecified atom stereocenters. The molecule has 54 heavy (non-hydrogen) atoms. The summed E-state index contributed by atoms with van der Waals surface area (Å²) in [5.41, 5.74) is 5.31. The van der Waals surface area contributed by atoms with Crippen LogP contribution >= 0.6 is 7.82 Å². The molecule has 0 aliphatic carbocycles. The first kappa shape index (κ1) is 50.7. The quantitative estimate of drug-likeness (QED) is 0.0242. The van der Waals surface area contributed by atoms with E-state index in [9.17, 15) is 23.8 Å². The summed E-state index contributed by atoms with van der Waals surface area (Å²) >= 11 is 0. The Morgan fingerprint density at radius 1 is 0.593 bits per heavy atom. The number of hydrogen-bond donors (Lipinski definition) is 3. The van der Waals surface area contributed by atoms with E-state index in [-0.39, 0.29) is 12.8 Å². The van der Waals surface area contributed by atoms with Gasteiger partial charge in [0, 0.05) is 12.8 Å². The van der Waals surface area contributed by atoms with Gasteiger partial charge in [-0.15, -0.1) is 0 Å². The highest BCUT2D eigenvalue weighted by atomic mass is 31.2. The number of phosphoric acid groups is 1. The minimum atomic E-state index is -4.74. The van der Waals surface area contributed by atoms with Crippen LogP contribution in [0.3, 0.4) is 0 Å². The zero-order valence-electron chi connectivity index (χ0n) is 32.8. The first-order valence-corrected chi connectivity index (χ1v) is 21.1. The fraction of sp³-hybridized carbons (Fsp3) is 0.595. The van der Waals surface area contributed by atoms with Gasteiger partial charge in [0.1, 0.15) is 12.6 Å². The van der Waals surface area contributed by atoms with E-state index < -0.39 is 57.7 Å². The minimum Gasteiger partial charge on any atom is -0.480 e. The number of carbonyl (C=O) groups is 3. The highest BCUT2D eigenvalue weighted by Crippen LogP contribution is 2.43. The molecule has 0 amide bonds. The fourth-order valence-electron chi connectivity index (χ4n) is 4.56. The normalized spacial score (nSPS) is 14.7. The Labute approximate surface area is 324 Å². The highest BCUT2D eigenvalue weighted by Gasteiger charge is 2.28. The van der Waals surface area contributed by atoms with Gasteiger partial charge in [0.05, 0.1) is 13.2 Å². The molecular formula is C42H68NO10P. The van der Waals surface area contributed by atoms with Crippen molar-refractivity contribution in [1.82, 2.24) is 0 Å². The molecule has 0 fully saturated rings. The third-order valence-corrected chi connectivity index (χ3v) is 8.59. The first-order chi connectivity index (χ1) is 26.1. The second-order valence-electron chi connectivity index (χ2n) is 12.7. The van der Waals surface area contributed by atoms with Gasteiger partial charge in [-0.05, 0) is 70.6 Å². The van der Waals surface area contributed by atoms with Gasteiger partial charge in [0.2, 0.25) is 0 Å². The number of ether oxygens (including phenoxy) is 2. The van der Waals surface area contributed by atoms with Crippen LogP contribution in [0.4, 0.5) is 0 Å². The molecule has 0 aromatic rings. The van der Waals surface area contributed by atoms with Crippen LogP contribution in [0.15, 0.2) is 85.1 Å². The molecule has 306 valence electrons. The van der Waals surface area contributed by atoms with Crippen molar-refractivity contribution >= 4 is 25.7 Å². The van der Waals surface area contributed by atoms with Crippen molar-refractivity contribution in [2.75, 3.05) is 19.8 Å². The zero-order valence-corrected chi connectivity index (χ0v) is 33.7. The van der Waals surface area contributed by atoms with Gasteiger partial charge < -0.3 is 25.2 Å². The van der Waals surface area contributed by atoms with Gasteiger partial charge in [0.15, 0.2) is 6.10 Å². The summed E-state index contributed by atoms with van der Waals surface area (Å²) < 4.78 is 32.4. The Morgan fingerprint density at radius 3 is 1.63 bits per heavy atom. The fourth-order valence-corrected chi connectivity index (χ4v) is 5.34. The number of allylic oxidation sites excluding steroid dienone is 14. The van der Waals surface area contributed by atoms with Gasteiger partial charge in [-0.25, -0.2) is 4.57 Å². The molecule has 11 nitrogen and oxygen atoms in total. The molecule has 4 N–H and O–H groups in total. The van der Waals surface area contributed by atoms with E-state index in [4.69, 9.17) is 24.8 Å². The van der Waals surface area contributed by atoms with Gasteiger partial charge in [0.25, 0.3) is 0 Å². The summed E-state index contributed by atoms with van der Waals surface area (Å²) in [5, 5.41) is 8.86. The second kappa shape index (κ2) is 36.6. The Bertz CT molecular complexity index is 1240. The number of aliphatic carboxylic acids is 1. The Balaban J connectivity index is 4.61. The maximum absolute atomic E-state index is 12.5. The molecule has 0 aromatic heterocycles. The smallest absolute Gasteiger partial charge is 0.472 e. The minimum absolute atomic E-state index is 0.0381. The van der Waals surface area contributed by atoms with Crippen LogP contribution in [0.2, 0.25) is 0 Å². The summed E-state index contributed by atoms with van der Waals surface area (Å²) in [7, 11) is -4.74. The number of rotatable bonds is 35. The predicted octanol–water partition coefficient (Wildman–Crippen LogP) is 9.94. The molecule has 0 saturated carbocycles. The average molecular weight is 778 g/mol. The van der Waals surface area contributed by atoms with Crippen LogP contribution in [0.1, 0.15) is 129 Å². The van der Waals surface area contributed by atoms with Crippen molar-refractivity contribution in [3.8, 4) is 0 Å². The van der Waals surface area contributed by atoms with Crippen molar-refractivity contribution in [2.24, 2.45) is 5.73 Å². The summed E-state index contributed by atoms with van der Waals surface area (Å²) in [4.78, 5) is 45.7. The Kier molecular flexibility index (Phi) is 34.4. The summed E-state index contributed by atoms with van der Waals surface area (Å²) in [6, 6.07) is -1.54. The van der Waals surface area contributed by atoms with E-state index in [0.717, 1.165) is 44.9 Å². The molecule has 0 bridgehead atoms. The lowest BCUT2D eigenvalue weighted by Gasteiger charge is -2.20. The van der Waals surface area contributed by atoms with Gasteiger partial charge in [-0.1, -0.05) is 131 Å². The largest absolute Gasteiger partial charge is 0.480 e. The average Bonchev–Trinajstić information content (AvgIpc) is 3.14. The second-order valence-corrected chi connectivity index (χ2v) is 14.1. The topological polar surface area (TPSA) is 172 Å². The van der Waals surface area contributed by atoms with Crippen molar-refractivity contribution in [3.05, 3.63) is 85.1 Å². The van der Waals surface area contributed by atoms with Crippen LogP contribution in [0, 0.1) is 0 Å². The molecule has 0 saturated heterocycles. The third-order valence-electron chi connectivity index (χ3n) is 7.64. The van der Waals surface area contributed by atoms with Crippen LogP contribution in [-0.2, 0) is 37.5 Å². The molecule has 0 heterocycles. The van der Waals surface area contributed by atoms with Crippen molar-refractivity contribution in [2.45, 2.75) is 142 Å². The SMILES string of the molecule is CC/C=C/C/C=C/C/C=C/C/C=C/C/C=C/CCCC(=O)OCC(COP(=O)(O)OC[C@H](N)C(=O)O)OC(=O)CC/C=C/C/C=C/CCCCCCCC. The van der Waals surface area contributed by atoms with Crippen molar-refractivity contribution < 1.29 is 47.5 Å². The van der Waals surface area contributed by atoms with E-state index in [1.807, 2.05) is 24.3 Å². The van der Waals surface area contributed by atoms with E-state index in [0.29, 0.717) is 19.3 Å². The zero-order chi connectivity index (χ0) is 40.0.